The molecule has 0 saturated carbocycles. The maximum Gasteiger partial charge on any atom is 0.317 e. The summed E-state index contributed by atoms with van der Waals surface area (Å²) in [6.45, 7) is 6.10. The molecule has 0 saturated heterocycles. The normalized spacial score (nSPS) is 12.8. The summed E-state index contributed by atoms with van der Waals surface area (Å²) in [4.78, 5) is 23.7. The van der Waals surface area contributed by atoms with Gasteiger partial charge in [0.2, 0.25) is 0 Å². The number of likely N-dealkylation sites (N-methyl/N-ethyl adjacent to an activating group) is 1. The second-order valence-corrected chi connectivity index (χ2v) is 5.90. The Bertz CT molecular complexity index is 313. The van der Waals surface area contributed by atoms with E-state index in [1.807, 2.05) is 6.92 Å². The summed E-state index contributed by atoms with van der Waals surface area (Å²) in [5.74, 6) is -0.469. The smallest absolute Gasteiger partial charge is 0.317 e. The van der Waals surface area contributed by atoms with Crippen LogP contribution in [0, 0.1) is 5.92 Å². The Labute approximate surface area is 121 Å². The molecule has 0 spiro atoms. The maximum absolute atomic E-state index is 11.8. The van der Waals surface area contributed by atoms with Gasteiger partial charge >= 0.3 is 12.0 Å². The second-order valence-electron chi connectivity index (χ2n) is 5.90. The first-order valence-electron chi connectivity index (χ1n) is 7.09. The van der Waals surface area contributed by atoms with Crippen LogP contribution in [0.25, 0.3) is 0 Å². The van der Waals surface area contributed by atoms with Gasteiger partial charge in [0, 0.05) is 20.0 Å². The molecule has 0 aromatic carbocycles. The minimum absolute atomic E-state index is 0.172. The number of aliphatic hydroxyl groups is 1. The fourth-order valence-corrected chi connectivity index (χ4v) is 2.05. The van der Waals surface area contributed by atoms with Crippen LogP contribution in [0.15, 0.2) is 0 Å². The highest BCUT2D eigenvalue weighted by molar-refractivity contribution is 5.73. The van der Waals surface area contributed by atoms with Crippen molar-refractivity contribution in [1.29, 1.82) is 0 Å². The predicted molar refractivity (Wildman–Crippen MR) is 77.6 cm³/mol. The van der Waals surface area contributed by atoms with Crippen LogP contribution in [0.4, 0.5) is 4.79 Å². The lowest BCUT2D eigenvalue weighted by Crippen LogP contribution is -2.45. The van der Waals surface area contributed by atoms with Crippen LogP contribution < -0.4 is 5.32 Å². The van der Waals surface area contributed by atoms with E-state index in [-0.39, 0.29) is 19.0 Å². The number of rotatable bonds is 9. The third kappa shape index (κ3) is 9.61. The first-order chi connectivity index (χ1) is 9.15. The molecule has 0 aliphatic rings. The molecule has 0 fully saturated rings. The summed E-state index contributed by atoms with van der Waals surface area (Å²) in [7, 11) is 1.63. The van der Waals surface area contributed by atoms with E-state index in [0.717, 1.165) is 12.8 Å². The van der Waals surface area contributed by atoms with Crippen molar-refractivity contribution in [3.05, 3.63) is 0 Å². The van der Waals surface area contributed by atoms with Crippen molar-refractivity contribution in [2.45, 2.75) is 52.1 Å². The summed E-state index contributed by atoms with van der Waals surface area (Å²) in [5, 5.41) is 21.1. The number of carboxylic acids is 1. The molecule has 20 heavy (non-hydrogen) atoms. The average molecular weight is 288 g/mol. The highest BCUT2D eigenvalue weighted by atomic mass is 16.4. The number of hydrogen-bond donors (Lipinski definition) is 3. The minimum Gasteiger partial charge on any atom is -0.481 e. The van der Waals surface area contributed by atoms with Gasteiger partial charge in [-0.2, -0.15) is 0 Å². The Hall–Kier alpha value is -1.30. The number of urea groups is 1. The lowest BCUT2D eigenvalue weighted by Gasteiger charge is -2.26. The number of nitrogens with zero attached hydrogens (tertiary/aromatic N) is 1. The van der Waals surface area contributed by atoms with E-state index in [0.29, 0.717) is 18.9 Å². The van der Waals surface area contributed by atoms with Crippen molar-refractivity contribution in [3.8, 4) is 0 Å². The third-order valence-corrected chi connectivity index (χ3v) is 3.14. The van der Waals surface area contributed by atoms with E-state index in [4.69, 9.17) is 5.11 Å². The van der Waals surface area contributed by atoms with Gasteiger partial charge in [-0.15, -0.1) is 0 Å². The van der Waals surface area contributed by atoms with E-state index in [2.05, 4.69) is 5.32 Å². The fraction of sp³-hybridized carbons (Fsp3) is 0.857. The quantitative estimate of drug-likeness (QED) is 0.602. The summed E-state index contributed by atoms with van der Waals surface area (Å²) in [6, 6.07) is -0.222. The van der Waals surface area contributed by atoms with Gasteiger partial charge in [-0.3, -0.25) is 4.79 Å². The molecular formula is C14H28N2O4. The topological polar surface area (TPSA) is 89.9 Å². The van der Waals surface area contributed by atoms with Crippen molar-refractivity contribution in [2.24, 2.45) is 5.92 Å². The molecule has 3 N–H and O–H groups in total. The van der Waals surface area contributed by atoms with E-state index in [1.54, 1.807) is 20.9 Å². The summed E-state index contributed by atoms with van der Waals surface area (Å²) < 4.78 is 0. The summed E-state index contributed by atoms with van der Waals surface area (Å²) in [5.41, 5.74) is -0.917. The molecule has 0 rings (SSSR count). The van der Waals surface area contributed by atoms with Crippen molar-refractivity contribution >= 4 is 12.0 Å². The van der Waals surface area contributed by atoms with Crippen LogP contribution in [0.5, 0.6) is 0 Å². The lowest BCUT2D eigenvalue weighted by molar-refractivity contribution is -0.137. The SMILES string of the molecule is CCC(CCNC(=O)N(C)CC(C)(C)O)CCC(=O)O. The van der Waals surface area contributed by atoms with Gasteiger partial charge in [-0.25, -0.2) is 4.79 Å². The first-order valence-corrected chi connectivity index (χ1v) is 7.09. The molecule has 0 aromatic rings. The van der Waals surface area contributed by atoms with E-state index >= 15 is 0 Å². The molecule has 2 amide bonds. The Morgan fingerprint density at radius 1 is 1.30 bits per heavy atom. The molecule has 0 aliphatic heterocycles. The zero-order valence-electron chi connectivity index (χ0n) is 13.0. The number of carbonyl (C=O) groups excluding carboxylic acids is 1. The van der Waals surface area contributed by atoms with Crippen LogP contribution in [0.3, 0.4) is 0 Å². The van der Waals surface area contributed by atoms with Gasteiger partial charge in [-0.05, 0) is 32.6 Å². The molecule has 6 heteroatoms. The maximum atomic E-state index is 11.8. The zero-order chi connectivity index (χ0) is 15.8. The molecule has 1 atom stereocenters. The molecule has 0 bridgehead atoms. The predicted octanol–water partition coefficient (Wildman–Crippen LogP) is 1.68. The standard InChI is InChI=1S/C14H28N2O4/c1-5-11(6-7-12(17)18)8-9-15-13(19)16(4)10-14(2,3)20/h11,20H,5-10H2,1-4H3,(H,15,19)(H,17,18). The zero-order valence-corrected chi connectivity index (χ0v) is 13.0. The number of nitrogens with one attached hydrogen (secondary N) is 1. The Morgan fingerprint density at radius 2 is 1.90 bits per heavy atom. The molecule has 0 aromatic heterocycles. The number of amides is 2. The third-order valence-electron chi connectivity index (χ3n) is 3.14. The van der Waals surface area contributed by atoms with Crippen LogP contribution in [-0.2, 0) is 4.79 Å². The van der Waals surface area contributed by atoms with Crippen molar-refractivity contribution in [3.63, 3.8) is 0 Å². The molecule has 1 unspecified atom stereocenters. The van der Waals surface area contributed by atoms with Crippen LogP contribution in [0.1, 0.15) is 46.5 Å². The van der Waals surface area contributed by atoms with Gasteiger partial charge in [0.15, 0.2) is 0 Å². The van der Waals surface area contributed by atoms with Gasteiger partial charge in [-0.1, -0.05) is 13.3 Å². The monoisotopic (exact) mass is 288 g/mol. The number of carboxylic acid groups (broad SMARTS) is 1. The van der Waals surface area contributed by atoms with E-state index < -0.39 is 11.6 Å². The first kappa shape index (κ1) is 18.7. The number of carbonyl (C=O) groups is 2. The molecule has 6 nitrogen and oxygen atoms in total. The number of hydrogen-bond acceptors (Lipinski definition) is 3. The van der Waals surface area contributed by atoms with Gasteiger partial charge in [0.25, 0.3) is 0 Å². The highest BCUT2D eigenvalue weighted by Crippen LogP contribution is 2.14. The van der Waals surface area contributed by atoms with Gasteiger partial charge in [0.1, 0.15) is 0 Å². The van der Waals surface area contributed by atoms with Crippen molar-refractivity contribution < 1.29 is 19.8 Å². The molecule has 0 radical (unpaired) electrons. The second kappa shape index (κ2) is 8.79. The number of aliphatic carboxylic acids is 1. The van der Waals surface area contributed by atoms with Crippen molar-refractivity contribution in [2.75, 3.05) is 20.1 Å². The van der Waals surface area contributed by atoms with Gasteiger partial charge in [0.05, 0.1) is 12.1 Å². The molecule has 118 valence electrons. The summed E-state index contributed by atoms with van der Waals surface area (Å²) in [6.07, 6.45) is 2.49. The lowest BCUT2D eigenvalue weighted by atomic mass is 9.97. The molecule has 0 aliphatic carbocycles. The highest BCUT2D eigenvalue weighted by Gasteiger charge is 2.19. The van der Waals surface area contributed by atoms with Gasteiger partial charge < -0.3 is 20.4 Å². The fourth-order valence-electron chi connectivity index (χ4n) is 2.05. The molecular weight excluding hydrogens is 260 g/mol. The largest absolute Gasteiger partial charge is 0.481 e. The Balaban J connectivity index is 3.96. The van der Waals surface area contributed by atoms with Crippen molar-refractivity contribution in [1.82, 2.24) is 10.2 Å². The minimum atomic E-state index is -0.917. The van der Waals surface area contributed by atoms with E-state index in [1.165, 1.54) is 4.90 Å². The van der Waals surface area contributed by atoms with Crippen LogP contribution in [0.2, 0.25) is 0 Å². The van der Waals surface area contributed by atoms with Crippen LogP contribution >= 0.6 is 0 Å². The van der Waals surface area contributed by atoms with E-state index in [9.17, 15) is 14.7 Å². The van der Waals surface area contributed by atoms with Crippen LogP contribution in [-0.4, -0.2) is 52.9 Å². The average Bonchev–Trinajstić information content (AvgIpc) is 2.30. The summed E-state index contributed by atoms with van der Waals surface area (Å²) >= 11 is 0. The molecule has 0 heterocycles. The Morgan fingerprint density at radius 3 is 2.35 bits per heavy atom. The Kier molecular flexibility index (Phi) is 8.22.